The second-order valence-corrected chi connectivity index (χ2v) is 7.13. The minimum atomic E-state index is -1.16. The maximum atomic E-state index is 11.8. The average molecular weight is 344 g/mol. The van der Waals surface area contributed by atoms with Crippen molar-refractivity contribution in [3.8, 4) is 11.5 Å². The van der Waals surface area contributed by atoms with Gasteiger partial charge in [-0.2, -0.15) is 0 Å². The molecule has 0 saturated heterocycles. The Balaban J connectivity index is 2.64. The fraction of sp³-hybridized carbons (Fsp3) is 0.476. The third-order valence-electron chi connectivity index (χ3n) is 5.13. The number of aromatic carboxylic acids is 1. The first-order valence-electron chi connectivity index (χ1n) is 8.91. The van der Waals surface area contributed by atoms with Gasteiger partial charge in [0.05, 0.1) is 0 Å². The Bertz CT molecular complexity index is 715. The Hall–Kier alpha value is -2.23. The second-order valence-electron chi connectivity index (χ2n) is 7.13. The van der Waals surface area contributed by atoms with Crippen molar-refractivity contribution in [2.75, 3.05) is 0 Å². The van der Waals surface area contributed by atoms with E-state index in [1.165, 1.54) is 11.6 Å². The fourth-order valence-corrected chi connectivity index (χ4v) is 3.76. The van der Waals surface area contributed by atoms with Crippen LogP contribution in [0.2, 0.25) is 0 Å². The van der Waals surface area contributed by atoms with Crippen LogP contribution < -0.4 is 0 Å². The zero-order valence-electron chi connectivity index (χ0n) is 15.3. The van der Waals surface area contributed by atoms with Gasteiger partial charge in [0.25, 0.3) is 0 Å². The van der Waals surface area contributed by atoms with E-state index in [0.29, 0.717) is 17.5 Å². The monoisotopic (exact) mass is 344 g/mol. The highest BCUT2D eigenvalue weighted by molar-refractivity contribution is 5.94. The van der Waals surface area contributed by atoms with Crippen molar-refractivity contribution in [1.82, 2.24) is 0 Å². The van der Waals surface area contributed by atoms with E-state index in [4.69, 9.17) is 0 Å². The van der Waals surface area contributed by atoms with E-state index in [2.05, 4.69) is 6.58 Å². The summed E-state index contributed by atoms with van der Waals surface area (Å²) in [4.78, 5) is 11.8. The molecule has 0 aromatic heterocycles. The largest absolute Gasteiger partial charge is 0.507 e. The quantitative estimate of drug-likeness (QED) is 0.623. The smallest absolute Gasteiger partial charge is 0.339 e. The van der Waals surface area contributed by atoms with Crippen LogP contribution in [0.5, 0.6) is 11.5 Å². The molecule has 0 spiro atoms. The minimum absolute atomic E-state index is 0.0317. The molecule has 1 aliphatic rings. The molecule has 2 rings (SSSR count). The Kier molecular flexibility index (Phi) is 5.93. The first-order chi connectivity index (χ1) is 11.8. The molecule has 0 fully saturated rings. The lowest BCUT2D eigenvalue weighted by Crippen LogP contribution is -2.18. The highest BCUT2D eigenvalue weighted by Gasteiger charge is 2.32. The number of carboxylic acid groups (broad SMARTS) is 1. The normalized spacial score (nSPS) is 20.2. The van der Waals surface area contributed by atoms with E-state index < -0.39 is 5.97 Å². The van der Waals surface area contributed by atoms with Crippen LogP contribution in [0.4, 0.5) is 0 Å². The topological polar surface area (TPSA) is 77.8 Å². The van der Waals surface area contributed by atoms with Gasteiger partial charge >= 0.3 is 5.97 Å². The molecule has 0 aliphatic heterocycles. The molecule has 3 N–H and O–H groups in total. The molecule has 0 saturated carbocycles. The number of aromatic hydroxyl groups is 2. The van der Waals surface area contributed by atoms with Crippen molar-refractivity contribution in [3.05, 3.63) is 46.6 Å². The number of benzene rings is 1. The molecule has 0 radical (unpaired) electrons. The van der Waals surface area contributed by atoms with E-state index in [1.807, 2.05) is 26.8 Å². The van der Waals surface area contributed by atoms with Crippen molar-refractivity contribution in [1.29, 1.82) is 0 Å². The second kappa shape index (κ2) is 7.77. The third-order valence-corrected chi connectivity index (χ3v) is 5.13. The molecule has 136 valence electrons. The summed E-state index contributed by atoms with van der Waals surface area (Å²) >= 11 is 0. The van der Waals surface area contributed by atoms with Crippen LogP contribution in [0.25, 0.3) is 0 Å². The van der Waals surface area contributed by atoms with Gasteiger partial charge in [0.2, 0.25) is 0 Å². The zero-order chi connectivity index (χ0) is 18.7. The first kappa shape index (κ1) is 19.1. The van der Waals surface area contributed by atoms with Crippen LogP contribution >= 0.6 is 0 Å². The summed E-state index contributed by atoms with van der Waals surface area (Å²) in [5, 5.41) is 31.0. The molecule has 4 nitrogen and oxygen atoms in total. The van der Waals surface area contributed by atoms with Crippen molar-refractivity contribution in [2.24, 2.45) is 5.92 Å². The molecule has 0 unspecified atom stereocenters. The van der Waals surface area contributed by atoms with Crippen LogP contribution in [0, 0.1) is 5.92 Å². The average Bonchev–Trinajstić information content (AvgIpc) is 2.51. The van der Waals surface area contributed by atoms with E-state index in [1.54, 1.807) is 0 Å². The van der Waals surface area contributed by atoms with Crippen molar-refractivity contribution in [2.45, 2.75) is 58.8 Å². The van der Waals surface area contributed by atoms with Gasteiger partial charge < -0.3 is 15.3 Å². The Morgan fingerprint density at radius 1 is 1.36 bits per heavy atom. The van der Waals surface area contributed by atoms with Crippen molar-refractivity contribution in [3.63, 3.8) is 0 Å². The van der Waals surface area contributed by atoms with Gasteiger partial charge in [-0.05, 0) is 57.1 Å². The lowest BCUT2D eigenvalue weighted by atomic mass is 9.73. The van der Waals surface area contributed by atoms with Crippen molar-refractivity contribution >= 4 is 5.97 Å². The standard InChI is InChI=1S/C21H28O4/c1-5-6-7-14-11-17(22)19(20(23)18(14)21(24)25)16-10-13(4)8-9-15(16)12(2)3/h10-11,15-16,22-23H,2,5-9H2,1,3-4H3,(H,24,25)/t15-,16+/m0/s1. The number of hydrogen-bond acceptors (Lipinski definition) is 3. The first-order valence-corrected chi connectivity index (χ1v) is 8.91. The van der Waals surface area contributed by atoms with Gasteiger partial charge in [-0.15, -0.1) is 0 Å². The third kappa shape index (κ3) is 3.89. The number of carboxylic acids is 1. The van der Waals surface area contributed by atoms with Crippen LogP contribution in [-0.2, 0) is 6.42 Å². The zero-order valence-corrected chi connectivity index (χ0v) is 15.3. The number of allylic oxidation sites excluding steroid dienone is 3. The molecular formula is C21H28O4. The molecule has 2 atom stereocenters. The van der Waals surface area contributed by atoms with E-state index >= 15 is 0 Å². The summed E-state index contributed by atoms with van der Waals surface area (Å²) in [5.74, 6) is -1.68. The highest BCUT2D eigenvalue weighted by atomic mass is 16.4. The Morgan fingerprint density at radius 3 is 2.60 bits per heavy atom. The van der Waals surface area contributed by atoms with Gasteiger partial charge in [0.15, 0.2) is 0 Å². The van der Waals surface area contributed by atoms with Gasteiger partial charge in [-0.25, -0.2) is 4.79 Å². The number of carbonyl (C=O) groups is 1. The van der Waals surface area contributed by atoms with Gasteiger partial charge in [-0.1, -0.05) is 37.1 Å². The molecule has 0 amide bonds. The van der Waals surface area contributed by atoms with Crippen LogP contribution in [0.1, 0.15) is 73.9 Å². The van der Waals surface area contributed by atoms with Crippen LogP contribution in [0.15, 0.2) is 29.9 Å². The summed E-state index contributed by atoms with van der Waals surface area (Å²) in [6.07, 6.45) is 6.06. The number of rotatable bonds is 6. The molecular weight excluding hydrogens is 316 g/mol. The number of phenolic OH excluding ortho intramolecular Hbond substituents is 1. The van der Waals surface area contributed by atoms with E-state index in [9.17, 15) is 20.1 Å². The lowest BCUT2D eigenvalue weighted by molar-refractivity contribution is 0.0692. The molecule has 0 bridgehead atoms. The molecule has 0 heterocycles. The number of unbranched alkanes of at least 4 members (excludes halogenated alkanes) is 1. The number of phenols is 2. The summed E-state index contributed by atoms with van der Waals surface area (Å²) in [5.41, 5.74) is 2.85. The molecule has 1 aromatic rings. The van der Waals surface area contributed by atoms with E-state index in [0.717, 1.165) is 31.3 Å². The fourth-order valence-electron chi connectivity index (χ4n) is 3.76. The predicted octanol–water partition coefficient (Wildman–Crippen LogP) is 5.15. The SMILES string of the molecule is C=C(C)[C@@H]1CCC(C)=C[C@H]1c1c(O)cc(CCCC)c(C(=O)O)c1O. The Labute approximate surface area is 149 Å². The minimum Gasteiger partial charge on any atom is -0.507 e. The maximum absolute atomic E-state index is 11.8. The summed E-state index contributed by atoms with van der Waals surface area (Å²) in [6, 6.07) is 1.52. The summed E-state index contributed by atoms with van der Waals surface area (Å²) in [6.45, 7) is 10.0. The lowest BCUT2D eigenvalue weighted by Gasteiger charge is -2.32. The number of hydrogen-bond donors (Lipinski definition) is 3. The molecule has 1 aromatic carbocycles. The number of aryl methyl sites for hydroxylation is 1. The van der Waals surface area contributed by atoms with Crippen molar-refractivity contribution < 1.29 is 20.1 Å². The van der Waals surface area contributed by atoms with Gasteiger partial charge in [-0.3, -0.25) is 0 Å². The van der Waals surface area contributed by atoms with E-state index in [-0.39, 0.29) is 28.9 Å². The Morgan fingerprint density at radius 2 is 2.04 bits per heavy atom. The highest BCUT2D eigenvalue weighted by Crippen LogP contribution is 2.48. The van der Waals surface area contributed by atoms with Crippen LogP contribution in [-0.4, -0.2) is 21.3 Å². The molecule has 4 heteroatoms. The predicted molar refractivity (Wildman–Crippen MR) is 99.4 cm³/mol. The molecule has 1 aliphatic carbocycles. The summed E-state index contributed by atoms with van der Waals surface area (Å²) in [7, 11) is 0. The van der Waals surface area contributed by atoms with Crippen LogP contribution in [0.3, 0.4) is 0 Å². The van der Waals surface area contributed by atoms with Gasteiger partial charge in [0.1, 0.15) is 17.1 Å². The maximum Gasteiger partial charge on any atom is 0.339 e. The molecule has 25 heavy (non-hydrogen) atoms. The summed E-state index contributed by atoms with van der Waals surface area (Å²) < 4.78 is 0. The van der Waals surface area contributed by atoms with Gasteiger partial charge in [0, 0.05) is 11.5 Å².